The third kappa shape index (κ3) is 2.70. The Morgan fingerprint density at radius 1 is 1.33 bits per heavy atom. The van der Waals surface area contributed by atoms with Crippen LogP contribution in [0.4, 0.5) is 18.0 Å². The molecule has 3 rings (SSSR count). The van der Waals surface area contributed by atoms with Gasteiger partial charge in [-0.25, -0.2) is 4.79 Å². The van der Waals surface area contributed by atoms with Crippen LogP contribution in [0.1, 0.15) is 31.2 Å². The summed E-state index contributed by atoms with van der Waals surface area (Å²) >= 11 is 0. The van der Waals surface area contributed by atoms with Crippen molar-refractivity contribution < 1.29 is 22.5 Å². The number of rotatable bonds is 2. The molecule has 2 heterocycles. The number of primary amides is 1. The molecule has 24 heavy (non-hydrogen) atoms. The first-order valence-electron chi connectivity index (χ1n) is 7.31. The van der Waals surface area contributed by atoms with Crippen LogP contribution >= 0.6 is 0 Å². The number of hydrogen-bond donors (Lipinski definition) is 1. The van der Waals surface area contributed by atoms with Gasteiger partial charge in [-0.1, -0.05) is 29.4 Å². The second-order valence-electron chi connectivity index (χ2n) is 5.87. The average Bonchev–Trinajstić information content (AvgIpc) is 3.14. The van der Waals surface area contributed by atoms with E-state index in [-0.39, 0.29) is 5.82 Å². The minimum Gasteiger partial charge on any atom is -0.351 e. The highest BCUT2D eigenvalue weighted by molar-refractivity contribution is 5.73. The van der Waals surface area contributed by atoms with Gasteiger partial charge in [0.15, 0.2) is 0 Å². The molecule has 0 saturated carbocycles. The molecular weight excluding hydrogens is 325 g/mol. The molecule has 0 radical (unpaired) electrons. The number of nitrogens with zero attached hydrogens (tertiary/aromatic N) is 3. The van der Waals surface area contributed by atoms with E-state index in [1.54, 1.807) is 29.2 Å². The van der Waals surface area contributed by atoms with E-state index >= 15 is 0 Å². The lowest BCUT2D eigenvalue weighted by molar-refractivity contribution is -0.159. The molecule has 1 aliphatic heterocycles. The van der Waals surface area contributed by atoms with E-state index in [1.807, 2.05) is 6.92 Å². The number of urea groups is 1. The van der Waals surface area contributed by atoms with Gasteiger partial charge < -0.3 is 15.2 Å². The highest BCUT2D eigenvalue weighted by Crippen LogP contribution is 2.39. The summed E-state index contributed by atoms with van der Waals surface area (Å²) in [5.41, 5.74) is 6.14. The van der Waals surface area contributed by atoms with E-state index < -0.39 is 23.6 Å². The maximum Gasteiger partial charge on any atom is 0.471 e. The Balaban J connectivity index is 1.88. The zero-order valence-electron chi connectivity index (χ0n) is 12.8. The van der Waals surface area contributed by atoms with Gasteiger partial charge in [0, 0.05) is 12.1 Å². The fourth-order valence-electron chi connectivity index (χ4n) is 3.05. The van der Waals surface area contributed by atoms with Gasteiger partial charge >= 0.3 is 18.1 Å². The zero-order valence-corrected chi connectivity index (χ0v) is 12.8. The number of carbonyl (C=O) groups is 1. The third-order valence-electron chi connectivity index (χ3n) is 4.34. The lowest BCUT2D eigenvalue weighted by Crippen LogP contribution is -2.45. The highest BCUT2D eigenvalue weighted by atomic mass is 19.4. The third-order valence-corrected chi connectivity index (χ3v) is 4.34. The number of aromatic nitrogens is 2. The number of carbonyl (C=O) groups excluding carboxylic acids is 1. The van der Waals surface area contributed by atoms with Crippen LogP contribution in [-0.2, 0) is 11.7 Å². The van der Waals surface area contributed by atoms with E-state index in [4.69, 9.17) is 5.73 Å². The molecule has 1 aliphatic rings. The Bertz CT molecular complexity index is 757. The lowest BCUT2D eigenvalue weighted by atomic mass is 9.89. The van der Waals surface area contributed by atoms with Crippen molar-refractivity contribution in [2.75, 3.05) is 6.54 Å². The molecule has 6 nitrogen and oxygen atoms in total. The minimum atomic E-state index is -4.68. The summed E-state index contributed by atoms with van der Waals surface area (Å²) in [6, 6.07) is 6.18. The van der Waals surface area contributed by atoms with Crippen molar-refractivity contribution in [1.29, 1.82) is 0 Å². The Morgan fingerprint density at radius 3 is 2.54 bits per heavy atom. The standard InChI is InChI=1S/C15H15F3N4O2/c1-14(7-2-8-22(14)13(19)23)10-5-3-9(4-6-10)11-20-12(24-21-11)15(16,17)18/h3-6H,2,7-8H2,1H3,(H2,19,23). The first-order valence-corrected chi connectivity index (χ1v) is 7.31. The maximum atomic E-state index is 12.5. The van der Waals surface area contributed by atoms with Crippen LogP contribution in [0.25, 0.3) is 11.4 Å². The van der Waals surface area contributed by atoms with Crippen molar-refractivity contribution in [3.05, 3.63) is 35.7 Å². The number of nitrogens with two attached hydrogens (primary N) is 1. The smallest absolute Gasteiger partial charge is 0.351 e. The molecule has 9 heteroatoms. The van der Waals surface area contributed by atoms with E-state index in [9.17, 15) is 18.0 Å². The van der Waals surface area contributed by atoms with Gasteiger partial charge in [0.2, 0.25) is 5.82 Å². The van der Waals surface area contributed by atoms with Gasteiger partial charge in [-0.15, -0.1) is 0 Å². The molecule has 1 atom stereocenters. The number of benzene rings is 1. The number of hydrogen-bond acceptors (Lipinski definition) is 4. The largest absolute Gasteiger partial charge is 0.471 e. The summed E-state index contributed by atoms with van der Waals surface area (Å²) in [5.74, 6) is -1.53. The van der Waals surface area contributed by atoms with E-state index in [0.29, 0.717) is 12.1 Å². The number of amides is 2. The Kier molecular flexibility index (Phi) is 3.73. The number of likely N-dealkylation sites (tertiary alicyclic amines) is 1. The van der Waals surface area contributed by atoms with Crippen molar-refractivity contribution in [3.8, 4) is 11.4 Å². The molecule has 2 amide bonds. The van der Waals surface area contributed by atoms with Crippen LogP contribution in [0.3, 0.4) is 0 Å². The van der Waals surface area contributed by atoms with Crippen molar-refractivity contribution in [1.82, 2.24) is 15.0 Å². The first-order chi connectivity index (χ1) is 11.2. The van der Waals surface area contributed by atoms with Gasteiger partial charge in [0.25, 0.3) is 0 Å². The summed E-state index contributed by atoms with van der Waals surface area (Å²) < 4.78 is 41.8. The monoisotopic (exact) mass is 340 g/mol. The number of halogens is 3. The predicted molar refractivity (Wildman–Crippen MR) is 77.6 cm³/mol. The highest BCUT2D eigenvalue weighted by Gasteiger charge is 2.40. The van der Waals surface area contributed by atoms with Gasteiger partial charge in [0.05, 0.1) is 5.54 Å². The molecule has 0 spiro atoms. The summed E-state index contributed by atoms with van der Waals surface area (Å²) in [5, 5.41) is 3.35. The SMILES string of the molecule is CC1(c2ccc(-c3noc(C(F)(F)F)n3)cc2)CCCN1C(N)=O. The summed E-state index contributed by atoms with van der Waals surface area (Å²) in [6.07, 6.45) is -3.08. The van der Waals surface area contributed by atoms with E-state index in [2.05, 4.69) is 14.7 Å². The van der Waals surface area contributed by atoms with Crippen LogP contribution in [0.15, 0.2) is 28.8 Å². The first kappa shape index (κ1) is 16.3. The molecule has 2 N–H and O–H groups in total. The molecular formula is C15H15F3N4O2. The number of alkyl halides is 3. The summed E-state index contributed by atoms with van der Waals surface area (Å²) in [7, 11) is 0. The Hall–Kier alpha value is -2.58. The molecule has 0 bridgehead atoms. The maximum absolute atomic E-state index is 12.5. The van der Waals surface area contributed by atoms with Gasteiger partial charge in [-0.2, -0.15) is 18.2 Å². The quantitative estimate of drug-likeness (QED) is 0.910. The van der Waals surface area contributed by atoms with E-state index in [1.165, 1.54) is 0 Å². The predicted octanol–water partition coefficient (Wildman–Crippen LogP) is 3.15. The van der Waals surface area contributed by atoms with Crippen LogP contribution < -0.4 is 5.73 Å². The van der Waals surface area contributed by atoms with Crippen molar-refractivity contribution >= 4 is 6.03 Å². The average molecular weight is 340 g/mol. The minimum absolute atomic E-state index is 0.141. The van der Waals surface area contributed by atoms with Crippen LogP contribution in [0.2, 0.25) is 0 Å². The normalized spacial score (nSPS) is 21.2. The van der Waals surface area contributed by atoms with Crippen LogP contribution in [0.5, 0.6) is 0 Å². The van der Waals surface area contributed by atoms with Gasteiger partial charge in [0.1, 0.15) is 0 Å². The fourth-order valence-corrected chi connectivity index (χ4v) is 3.05. The molecule has 1 aromatic heterocycles. The molecule has 1 unspecified atom stereocenters. The van der Waals surface area contributed by atoms with Crippen molar-refractivity contribution in [3.63, 3.8) is 0 Å². The van der Waals surface area contributed by atoms with Crippen molar-refractivity contribution in [2.24, 2.45) is 5.73 Å². The molecule has 1 fully saturated rings. The molecule has 128 valence electrons. The molecule has 1 aromatic carbocycles. The van der Waals surface area contributed by atoms with Crippen LogP contribution in [0, 0.1) is 0 Å². The van der Waals surface area contributed by atoms with Gasteiger partial charge in [-0.05, 0) is 25.3 Å². The summed E-state index contributed by atoms with van der Waals surface area (Å²) in [4.78, 5) is 16.5. The summed E-state index contributed by atoms with van der Waals surface area (Å²) in [6.45, 7) is 2.49. The molecule has 0 aliphatic carbocycles. The Morgan fingerprint density at radius 2 is 2.00 bits per heavy atom. The van der Waals surface area contributed by atoms with Crippen molar-refractivity contribution in [2.45, 2.75) is 31.5 Å². The van der Waals surface area contributed by atoms with E-state index in [0.717, 1.165) is 18.4 Å². The molecule has 2 aromatic rings. The Labute approximate surface area is 135 Å². The topological polar surface area (TPSA) is 85.2 Å². The van der Waals surface area contributed by atoms with Crippen LogP contribution in [-0.4, -0.2) is 27.6 Å². The fraction of sp³-hybridized carbons (Fsp3) is 0.400. The zero-order chi connectivity index (χ0) is 17.5. The second kappa shape index (κ2) is 5.50. The lowest BCUT2D eigenvalue weighted by Gasteiger charge is -2.34. The second-order valence-corrected chi connectivity index (χ2v) is 5.87. The molecule has 1 saturated heterocycles. The van der Waals surface area contributed by atoms with Gasteiger partial charge in [-0.3, -0.25) is 0 Å².